The Labute approximate surface area is 127 Å². The highest BCUT2D eigenvalue weighted by Crippen LogP contribution is 2.22. The molecule has 0 aliphatic rings. The summed E-state index contributed by atoms with van der Waals surface area (Å²) in [5, 5.41) is 10.1. The average Bonchev–Trinajstić information content (AvgIpc) is 2.43. The first kappa shape index (κ1) is 15.2. The molecule has 0 heterocycles. The van der Waals surface area contributed by atoms with Gasteiger partial charge in [-0.3, -0.25) is 0 Å². The molecule has 0 aromatic heterocycles. The Balaban J connectivity index is 1.91. The van der Waals surface area contributed by atoms with Gasteiger partial charge in [0, 0.05) is 0 Å². The van der Waals surface area contributed by atoms with E-state index in [2.05, 4.69) is 47.1 Å². The fourth-order valence-corrected chi connectivity index (χ4v) is 2.58. The minimum absolute atomic E-state index is 0.284. The van der Waals surface area contributed by atoms with Crippen LogP contribution in [0.5, 0.6) is 0 Å². The van der Waals surface area contributed by atoms with E-state index in [-0.39, 0.29) is 5.82 Å². The van der Waals surface area contributed by atoms with Gasteiger partial charge in [-0.15, -0.1) is 0 Å². The fraction of sp³-hybridized carbons (Fsp3) is 0.294. The minimum atomic E-state index is -0.464. The lowest BCUT2D eigenvalue weighted by atomic mass is 10.0. The van der Waals surface area contributed by atoms with Crippen LogP contribution in [0.2, 0.25) is 0 Å². The number of benzene rings is 2. The lowest BCUT2D eigenvalue weighted by Gasteiger charge is -2.12. The molecule has 1 unspecified atom stereocenters. The van der Waals surface area contributed by atoms with Crippen molar-refractivity contribution in [2.75, 3.05) is 0 Å². The van der Waals surface area contributed by atoms with Crippen LogP contribution < -0.4 is 0 Å². The number of aliphatic hydroxyl groups excluding tert-OH is 1. The topological polar surface area (TPSA) is 20.2 Å². The third kappa shape index (κ3) is 4.15. The van der Waals surface area contributed by atoms with Crippen molar-refractivity contribution >= 4 is 15.9 Å². The van der Waals surface area contributed by atoms with Crippen molar-refractivity contribution in [1.82, 2.24) is 0 Å². The summed E-state index contributed by atoms with van der Waals surface area (Å²) >= 11 is 3.23. The van der Waals surface area contributed by atoms with E-state index in [1.165, 1.54) is 17.2 Å². The summed E-state index contributed by atoms with van der Waals surface area (Å²) in [5.41, 5.74) is 3.26. The number of rotatable bonds is 5. The summed E-state index contributed by atoms with van der Waals surface area (Å²) in [6.07, 6.45) is 1.50. The van der Waals surface area contributed by atoms with Gasteiger partial charge in [-0.05, 0) is 59.3 Å². The lowest BCUT2D eigenvalue weighted by molar-refractivity contribution is 0.165. The van der Waals surface area contributed by atoms with Gasteiger partial charge in [-0.2, -0.15) is 0 Å². The second kappa shape index (κ2) is 7.00. The highest BCUT2D eigenvalue weighted by Gasteiger charge is 2.11. The molecule has 2 aromatic rings. The molecule has 20 heavy (non-hydrogen) atoms. The molecule has 3 heteroatoms. The summed E-state index contributed by atoms with van der Waals surface area (Å²) in [5.74, 6) is -0.284. The number of hydrogen-bond acceptors (Lipinski definition) is 1. The van der Waals surface area contributed by atoms with Crippen LogP contribution in [0, 0.1) is 12.7 Å². The summed E-state index contributed by atoms with van der Waals surface area (Å²) in [7, 11) is 0. The quantitative estimate of drug-likeness (QED) is 0.856. The van der Waals surface area contributed by atoms with Crippen molar-refractivity contribution in [3.63, 3.8) is 0 Å². The third-order valence-electron chi connectivity index (χ3n) is 3.37. The van der Waals surface area contributed by atoms with Gasteiger partial charge in [0.1, 0.15) is 5.82 Å². The summed E-state index contributed by atoms with van der Waals surface area (Å²) in [6.45, 7) is 2.06. The lowest BCUT2D eigenvalue weighted by Crippen LogP contribution is -2.12. The van der Waals surface area contributed by atoms with Gasteiger partial charge in [-0.1, -0.05) is 42.0 Å². The van der Waals surface area contributed by atoms with Gasteiger partial charge >= 0.3 is 0 Å². The first-order valence-corrected chi connectivity index (χ1v) is 7.52. The van der Waals surface area contributed by atoms with Crippen molar-refractivity contribution in [3.05, 3.63) is 69.4 Å². The van der Waals surface area contributed by atoms with Gasteiger partial charge in [0.15, 0.2) is 0 Å². The van der Waals surface area contributed by atoms with E-state index < -0.39 is 6.10 Å². The average molecular weight is 337 g/mol. The standard InChI is InChI=1S/C17H18BrFO/c1-12-5-7-13(8-6-12)9-10-15(20)11-14-3-2-4-16(19)17(14)18/h2-8,15,20H,9-11H2,1H3. The van der Waals surface area contributed by atoms with E-state index >= 15 is 0 Å². The number of aryl methyl sites for hydroxylation is 2. The van der Waals surface area contributed by atoms with Crippen molar-refractivity contribution in [1.29, 1.82) is 0 Å². The molecule has 0 saturated carbocycles. The van der Waals surface area contributed by atoms with Gasteiger partial charge in [0.25, 0.3) is 0 Å². The van der Waals surface area contributed by atoms with Crippen molar-refractivity contribution in [3.8, 4) is 0 Å². The van der Waals surface area contributed by atoms with E-state index in [0.29, 0.717) is 17.3 Å². The molecular weight excluding hydrogens is 319 g/mol. The van der Waals surface area contributed by atoms with Crippen LogP contribution in [0.3, 0.4) is 0 Å². The molecule has 0 saturated heterocycles. The molecule has 0 fully saturated rings. The second-order valence-corrected chi connectivity index (χ2v) is 5.89. The Bertz CT molecular complexity index is 566. The Hall–Kier alpha value is -1.19. The van der Waals surface area contributed by atoms with Gasteiger partial charge < -0.3 is 5.11 Å². The fourth-order valence-electron chi connectivity index (χ4n) is 2.15. The van der Waals surface area contributed by atoms with E-state index in [0.717, 1.165) is 12.0 Å². The molecule has 0 amide bonds. The maximum Gasteiger partial charge on any atom is 0.137 e. The molecule has 1 N–H and O–H groups in total. The van der Waals surface area contributed by atoms with Crippen molar-refractivity contribution < 1.29 is 9.50 Å². The highest BCUT2D eigenvalue weighted by molar-refractivity contribution is 9.10. The monoisotopic (exact) mass is 336 g/mol. The molecule has 0 bridgehead atoms. The van der Waals surface area contributed by atoms with E-state index in [1.807, 2.05) is 6.07 Å². The zero-order chi connectivity index (χ0) is 14.5. The first-order chi connectivity index (χ1) is 9.56. The van der Waals surface area contributed by atoms with Gasteiger partial charge in [0.2, 0.25) is 0 Å². The zero-order valence-corrected chi connectivity index (χ0v) is 13.0. The van der Waals surface area contributed by atoms with Crippen LogP contribution in [-0.2, 0) is 12.8 Å². The number of halogens is 2. The Morgan fingerprint density at radius 2 is 1.85 bits per heavy atom. The van der Waals surface area contributed by atoms with Crippen LogP contribution in [0.4, 0.5) is 4.39 Å². The Kier molecular flexibility index (Phi) is 5.32. The van der Waals surface area contributed by atoms with E-state index in [1.54, 1.807) is 6.07 Å². The zero-order valence-electron chi connectivity index (χ0n) is 11.4. The molecule has 0 radical (unpaired) electrons. The Morgan fingerprint density at radius 1 is 1.15 bits per heavy atom. The normalized spacial score (nSPS) is 12.4. The SMILES string of the molecule is Cc1ccc(CCC(O)Cc2cccc(F)c2Br)cc1. The van der Waals surface area contributed by atoms with E-state index in [9.17, 15) is 9.50 Å². The van der Waals surface area contributed by atoms with Crippen LogP contribution in [-0.4, -0.2) is 11.2 Å². The van der Waals surface area contributed by atoms with Crippen molar-refractivity contribution in [2.45, 2.75) is 32.3 Å². The maximum absolute atomic E-state index is 13.4. The van der Waals surface area contributed by atoms with E-state index in [4.69, 9.17) is 0 Å². The number of hydrogen-bond donors (Lipinski definition) is 1. The second-order valence-electron chi connectivity index (χ2n) is 5.10. The molecule has 0 aliphatic heterocycles. The van der Waals surface area contributed by atoms with Crippen LogP contribution in [0.1, 0.15) is 23.1 Å². The molecule has 0 spiro atoms. The smallest absolute Gasteiger partial charge is 0.137 e. The Morgan fingerprint density at radius 3 is 2.55 bits per heavy atom. The minimum Gasteiger partial charge on any atom is -0.393 e. The van der Waals surface area contributed by atoms with Crippen molar-refractivity contribution in [2.24, 2.45) is 0 Å². The summed E-state index contributed by atoms with van der Waals surface area (Å²) < 4.78 is 13.8. The third-order valence-corrected chi connectivity index (χ3v) is 4.26. The number of aliphatic hydroxyl groups is 1. The van der Waals surface area contributed by atoms with Crippen LogP contribution >= 0.6 is 15.9 Å². The molecular formula is C17H18BrFO. The first-order valence-electron chi connectivity index (χ1n) is 6.73. The largest absolute Gasteiger partial charge is 0.393 e. The predicted octanol–water partition coefficient (Wildman–Crippen LogP) is 4.43. The van der Waals surface area contributed by atoms with Crippen LogP contribution in [0.15, 0.2) is 46.9 Å². The van der Waals surface area contributed by atoms with Gasteiger partial charge in [0.05, 0.1) is 10.6 Å². The summed E-state index contributed by atoms with van der Waals surface area (Å²) in [6, 6.07) is 13.2. The van der Waals surface area contributed by atoms with Crippen LogP contribution in [0.25, 0.3) is 0 Å². The molecule has 1 nitrogen and oxygen atoms in total. The van der Waals surface area contributed by atoms with Gasteiger partial charge in [-0.25, -0.2) is 4.39 Å². The molecule has 1 atom stereocenters. The molecule has 106 valence electrons. The molecule has 0 aliphatic carbocycles. The molecule has 2 aromatic carbocycles. The highest BCUT2D eigenvalue weighted by atomic mass is 79.9. The molecule has 2 rings (SSSR count). The predicted molar refractivity (Wildman–Crippen MR) is 83.3 cm³/mol. The maximum atomic E-state index is 13.4. The summed E-state index contributed by atoms with van der Waals surface area (Å²) in [4.78, 5) is 0.